The first kappa shape index (κ1) is 12.7. The minimum absolute atomic E-state index is 0.493. The highest BCUT2D eigenvalue weighted by Gasteiger charge is 2.30. The molecule has 18 heavy (non-hydrogen) atoms. The van der Waals surface area contributed by atoms with Gasteiger partial charge in [0.05, 0.1) is 5.69 Å². The number of halogens is 1. The van der Waals surface area contributed by atoms with Crippen LogP contribution in [0.25, 0.3) is 0 Å². The van der Waals surface area contributed by atoms with Gasteiger partial charge in [-0.15, -0.1) is 0 Å². The van der Waals surface area contributed by atoms with E-state index >= 15 is 0 Å². The molecule has 2 aliphatic rings. The van der Waals surface area contributed by atoms with Gasteiger partial charge in [0.15, 0.2) is 0 Å². The van der Waals surface area contributed by atoms with Crippen LogP contribution in [0.2, 0.25) is 5.15 Å². The fourth-order valence-corrected chi connectivity index (χ4v) is 4.25. The molecule has 0 aromatic carbocycles. The zero-order chi connectivity index (χ0) is 12.8. The predicted molar refractivity (Wildman–Crippen MR) is 77.0 cm³/mol. The molecule has 1 aromatic rings. The highest BCUT2D eigenvalue weighted by Crippen LogP contribution is 2.42. The maximum atomic E-state index is 6.29. The maximum Gasteiger partial charge on any atom is 0.137 e. The van der Waals surface area contributed by atoms with Gasteiger partial charge in [-0.3, -0.25) is 0 Å². The summed E-state index contributed by atoms with van der Waals surface area (Å²) in [6, 6.07) is 0. The van der Waals surface area contributed by atoms with Gasteiger partial charge in [0, 0.05) is 23.0 Å². The van der Waals surface area contributed by atoms with Crippen molar-refractivity contribution in [1.29, 1.82) is 0 Å². The lowest BCUT2D eigenvalue weighted by molar-refractivity contribution is 0.220. The minimum Gasteiger partial charge on any atom is -0.236 e. The van der Waals surface area contributed by atoms with Gasteiger partial charge >= 0.3 is 0 Å². The van der Waals surface area contributed by atoms with E-state index in [1.807, 2.05) is 11.8 Å². The number of aromatic nitrogens is 2. The number of hydrogen-bond donors (Lipinski definition) is 0. The quantitative estimate of drug-likeness (QED) is 0.706. The molecule has 0 bridgehead atoms. The molecule has 0 unspecified atom stereocenters. The van der Waals surface area contributed by atoms with E-state index in [9.17, 15) is 0 Å². The van der Waals surface area contributed by atoms with Crippen molar-refractivity contribution in [2.75, 3.05) is 0 Å². The third-order valence-corrected chi connectivity index (χ3v) is 5.53. The van der Waals surface area contributed by atoms with Crippen LogP contribution in [0.1, 0.15) is 62.5 Å². The van der Waals surface area contributed by atoms with Crippen molar-refractivity contribution in [2.45, 2.75) is 57.0 Å². The Kier molecular flexibility index (Phi) is 3.31. The first-order valence-corrected chi connectivity index (χ1v) is 8.21. The molecule has 1 aliphatic heterocycles. The van der Waals surface area contributed by atoms with E-state index in [0.29, 0.717) is 16.5 Å². The summed E-state index contributed by atoms with van der Waals surface area (Å²) in [5.41, 5.74) is 2.84. The van der Waals surface area contributed by atoms with E-state index in [1.54, 1.807) is 0 Å². The van der Waals surface area contributed by atoms with Crippen LogP contribution in [0.5, 0.6) is 0 Å². The molecule has 0 saturated heterocycles. The average molecular weight is 283 g/mol. The van der Waals surface area contributed by atoms with Gasteiger partial charge in [-0.2, -0.15) is 11.8 Å². The van der Waals surface area contributed by atoms with Crippen LogP contribution in [0.3, 0.4) is 0 Å². The van der Waals surface area contributed by atoms with E-state index < -0.39 is 0 Å². The lowest BCUT2D eigenvalue weighted by Gasteiger charge is -2.33. The van der Waals surface area contributed by atoms with Crippen LogP contribution in [-0.2, 0) is 11.5 Å². The standard InChI is InChI=1S/C14H19ClN2S/c1-14(2)5-3-9(4-6-14)13-16-11-8-18-7-10(11)12(15)17-13/h9H,3-8H2,1-2H3. The first-order valence-electron chi connectivity index (χ1n) is 6.68. The van der Waals surface area contributed by atoms with Crippen LogP contribution in [0, 0.1) is 5.41 Å². The van der Waals surface area contributed by atoms with E-state index in [0.717, 1.165) is 17.3 Å². The molecule has 0 N–H and O–H groups in total. The fraction of sp³-hybridized carbons (Fsp3) is 0.714. The molecular weight excluding hydrogens is 264 g/mol. The molecule has 0 atom stereocenters. The summed E-state index contributed by atoms with van der Waals surface area (Å²) >= 11 is 8.17. The lowest BCUT2D eigenvalue weighted by atomic mass is 9.73. The molecule has 1 fully saturated rings. The molecule has 0 radical (unpaired) electrons. The molecule has 1 saturated carbocycles. The molecule has 4 heteroatoms. The average Bonchev–Trinajstić information content (AvgIpc) is 2.77. The third kappa shape index (κ3) is 2.39. The molecule has 0 amide bonds. The van der Waals surface area contributed by atoms with Gasteiger partial charge in [-0.05, 0) is 31.1 Å². The number of hydrogen-bond acceptors (Lipinski definition) is 3. The molecule has 2 nitrogen and oxygen atoms in total. The summed E-state index contributed by atoms with van der Waals surface area (Å²) < 4.78 is 0. The summed E-state index contributed by atoms with van der Waals surface area (Å²) in [6.45, 7) is 4.72. The Labute approximate surface area is 118 Å². The van der Waals surface area contributed by atoms with Gasteiger partial charge < -0.3 is 0 Å². The highest BCUT2D eigenvalue weighted by atomic mass is 35.5. The van der Waals surface area contributed by atoms with Crippen molar-refractivity contribution in [3.8, 4) is 0 Å². The Bertz CT molecular complexity index is 463. The summed E-state index contributed by atoms with van der Waals surface area (Å²) in [4.78, 5) is 9.33. The van der Waals surface area contributed by atoms with Gasteiger partial charge in [0.1, 0.15) is 11.0 Å². The van der Waals surface area contributed by atoms with Gasteiger partial charge in [0.2, 0.25) is 0 Å². The molecule has 1 aromatic heterocycles. The van der Waals surface area contributed by atoms with Crippen LogP contribution < -0.4 is 0 Å². The largest absolute Gasteiger partial charge is 0.236 e. The van der Waals surface area contributed by atoms with Crippen molar-refractivity contribution in [2.24, 2.45) is 5.41 Å². The van der Waals surface area contributed by atoms with Crippen LogP contribution in [-0.4, -0.2) is 9.97 Å². The molecule has 1 aliphatic carbocycles. The smallest absolute Gasteiger partial charge is 0.137 e. The van der Waals surface area contributed by atoms with E-state index in [4.69, 9.17) is 16.6 Å². The second-order valence-corrected chi connectivity index (χ2v) is 7.57. The van der Waals surface area contributed by atoms with Gasteiger partial charge in [-0.1, -0.05) is 25.4 Å². The Morgan fingerprint density at radius 2 is 1.89 bits per heavy atom. The van der Waals surface area contributed by atoms with Crippen molar-refractivity contribution < 1.29 is 0 Å². The monoisotopic (exact) mass is 282 g/mol. The fourth-order valence-electron chi connectivity index (χ4n) is 2.87. The number of fused-ring (bicyclic) bond motifs is 1. The van der Waals surface area contributed by atoms with Crippen LogP contribution >= 0.6 is 23.4 Å². The molecular formula is C14H19ClN2S. The summed E-state index contributed by atoms with van der Waals surface area (Å²) in [7, 11) is 0. The zero-order valence-electron chi connectivity index (χ0n) is 11.0. The van der Waals surface area contributed by atoms with Crippen LogP contribution in [0.15, 0.2) is 0 Å². The van der Waals surface area contributed by atoms with Crippen LogP contribution in [0.4, 0.5) is 0 Å². The maximum absolute atomic E-state index is 6.29. The first-order chi connectivity index (χ1) is 8.55. The highest BCUT2D eigenvalue weighted by molar-refractivity contribution is 7.98. The number of nitrogens with zero attached hydrogens (tertiary/aromatic N) is 2. The third-order valence-electron chi connectivity index (χ3n) is 4.25. The minimum atomic E-state index is 0.493. The van der Waals surface area contributed by atoms with Crippen molar-refractivity contribution in [3.05, 3.63) is 22.2 Å². The van der Waals surface area contributed by atoms with Crippen molar-refractivity contribution in [1.82, 2.24) is 9.97 Å². The lowest BCUT2D eigenvalue weighted by Crippen LogP contribution is -2.21. The van der Waals surface area contributed by atoms with E-state index in [2.05, 4.69) is 18.8 Å². The Hall–Kier alpha value is -0.280. The summed E-state index contributed by atoms with van der Waals surface area (Å²) in [6.07, 6.45) is 4.94. The molecule has 0 spiro atoms. The predicted octanol–water partition coefficient (Wildman–Crippen LogP) is 4.56. The molecule has 3 rings (SSSR count). The SMILES string of the molecule is CC1(C)CCC(c2nc(Cl)c3c(n2)CSC3)CC1. The van der Waals surface area contributed by atoms with Gasteiger partial charge in [0.25, 0.3) is 0 Å². The second-order valence-electron chi connectivity index (χ2n) is 6.23. The number of thioether (sulfide) groups is 1. The Balaban J connectivity index is 1.83. The van der Waals surface area contributed by atoms with Crippen molar-refractivity contribution in [3.63, 3.8) is 0 Å². The van der Waals surface area contributed by atoms with Crippen molar-refractivity contribution >= 4 is 23.4 Å². The zero-order valence-corrected chi connectivity index (χ0v) is 12.6. The topological polar surface area (TPSA) is 25.8 Å². The van der Waals surface area contributed by atoms with Gasteiger partial charge in [-0.25, -0.2) is 9.97 Å². The normalized spacial score (nSPS) is 23.1. The van der Waals surface area contributed by atoms with E-state index in [-0.39, 0.29) is 0 Å². The number of rotatable bonds is 1. The summed E-state index contributed by atoms with van der Waals surface area (Å²) in [5.74, 6) is 3.50. The Morgan fingerprint density at radius 3 is 2.61 bits per heavy atom. The second kappa shape index (κ2) is 4.68. The molecule has 2 heterocycles. The summed E-state index contributed by atoms with van der Waals surface area (Å²) in [5, 5.41) is 0.699. The van der Waals surface area contributed by atoms with E-state index in [1.165, 1.54) is 36.9 Å². The Morgan fingerprint density at radius 1 is 1.17 bits per heavy atom. The molecule has 98 valence electrons.